The maximum absolute atomic E-state index is 5.96. The molecule has 2 nitrogen and oxygen atoms in total. The molecule has 1 heterocycles. The van der Waals surface area contributed by atoms with Crippen molar-refractivity contribution >= 4 is 0 Å². The standard InChI is InChI=1S/C13H26O2/c1-3-5-6-9-12(4-2)15-13-10-7-8-11-14-13/h12-13H,3-11H2,1-2H3. The zero-order chi connectivity index (χ0) is 10.9. The normalized spacial score (nSPS) is 24.0. The highest BCUT2D eigenvalue weighted by Crippen LogP contribution is 2.19. The van der Waals surface area contributed by atoms with Crippen LogP contribution in [-0.4, -0.2) is 19.0 Å². The summed E-state index contributed by atoms with van der Waals surface area (Å²) in [4.78, 5) is 0. The molecule has 1 saturated heterocycles. The molecule has 0 aromatic rings. The monoisotopic (exact) mass is 214 g/mol. The van der Waals surface area contributed by atoms with Gasteiger partial charge in [-0.1, -0.05) is 33.1 Å². The van der Waals surface area contributed by atoms with Gasteiger partial charge in [0.15, 0.2) is 6.29 Å². The molecule has 0 N–H and O–H groups in total. The Morgan fingerprint density at radius 2 is 2.13 bits per heavy atom. The van der Waals surface area contributed by atoms with E-state index in [-0.39, 0.29) is 6.29 Å². The largest absolute Gasteiger partial charge is 0.353 e. The SMILES string of the molecule is CCCCCC(CC)OC1CCCCO1. The predicted octanol–water partition coefficient (Wildman–Crippen LogP) is 3.89. The van der Waals surface area contributed by atoms with Crippen molar-refractivity contribution in [2.24, 2.45) is 0 Å². The molecule has 0 amide bonds. The number of hydrogen-bond acceptors (Lipinski definition) is 2. The van der Waals surface area contributed by atoms with Crippen molar-refractivity contribution in [2.75, 3.05) is 6.61 Å². The number of rotatable bonds is 7. The zero-order valence-electron chi connectivity index (χ0n) is 10.3. The van der Waals surface area contributed by atoms with Gasteiger partial charge in [-0.3, -0.25) is 0 Å². The van der Waals surface area contributed by atoms with Crippen molar-refractivity contribution in [1.29, 1.82) is 0 Å². The van der Waals surface area contributed by atoms with E-state index in [0.717, 1.165) is 19.4 Å². The fourth-order valence-corrected chi connectivity index (χ4v) is 2.02. The van der Waals surface area contributed by atoms with Crippen LogP contribution in [-0.2, 0) is 9.47 Å². The quantitative estimate of drug-likeness (QED) is 0.599. The fraction of sp³-hybridized carbons (Fsp3) is 1.00. The molecule has 90 valence electrons. The Kier molecular flexibility index (Phi) is 7.03. The smallest absolute Gasteiger partial charge is 0.157 e. The van der Waals surface area contributed by atoms with Crippen molar-refractivity contribution in [3.8, 4) is 0 Å². The molecule has 1 fully saturated rings. The van der Waals surface area contributed by atoms with Crippen LogP contribution < -0.4 is 0 Å². The van der Waals surface area contributed by atoms with Crippen LogP contribution in [0.2, 0.25) is 0 Å². The second kappa shape index (κ2) is 8.12. The average Bonchev–Trinajstić information content (AvgIpc) is 2.29. The van der Waals surface area contributed by atoms with Gasteiger partial charge in [0.1, 0.15) is 0 Å². The van der Waals surface area contributed by atoms with Crippen LogP contribution >= 0.6 is 0 Å². The van der Waals surface area contributed by atoms with Crippen LogP contribution in [0.3, 0.4) is 0 Å². The van der Waals surface area contributed by atoms with Crippen LogP contribution in [0.15, 0.2) is 0 Å². The van der Waals surface area contributed by atoms with E-state index in [1.54, 1.807) is 0 Å². The van der Waals surface area contributed by atoms with Gasteiger partial charge in [-0.2, -0.15) is 0 Å². The summed E-state index contributed by atoms with van der Waals surface area (Å²) in [5, 5.41) is 0. The maximum Gasteiger partial charge on any atom is 0.157 e. The van der Waals surface area contributed by atoms with Gasteiger partial charge in [-0.25, -0.2) is 0 Å². The minimum Gasteiger partial charge on any atom is -0.353 e. The van der Waals surface area contributed by atoms with E-state index in [0.29, 0.717) is 6.10 Å². The lowest BCUT2D eigenvalue weighted by Crippen LogP contribution is -2.27. The molecule has 0 aromatic heterocycles. The number of ether oxygens (including phenoxy) is 2. The summed E-state index contributed by atoms with van der Waals surface area (Å²) in [6.45, 7) is 5.33. The van der Waals surface area contributed by atoms with Gasteiger partial charge in [-0.05, 0) is 32.1 Å². The van der Waals surface area contributed by atoms with Crippen LogP contribution in [0.1, 0.15) is 65.2 Å². The average molecular weight is 214 g/mol. The Hall–Kier alpha value is -0.0800. The molecule has 15 heavy (non-hydrogen) atoms. The van der Waals surface area contributed by atoms with Gasteiger partial charge in [0.2, 0.25) is 0 Å². The molecule has 0 saturated carbocycles. The number of hydrogen-bond donors (Lipinski definition) is 0. The summed E-state index contributed by atoms with van der Waals surface area (Å²) in [6, 6.07) is 0. The Morgan fingerprint density at radius 3 is 2.73 bits per heavy atom. The molecule has 0 spiro atoms. The summed E-state index contributed by atoms with van der Waals surface area (Å²) in [7, 11) is 0. The molecule has 1 aliphatic rings. The molecule has 0 radical (unpaired) electrons. The summed E-state index contributed by atoms with van der Waals surface area (Å²) in [6.07, 6.45) is 10.3. The molecule has 1 aliphatic heterocycles. The lowest BCUT2D eigenvalue weighted by atomic mass is 10.1. The van der Waals surface area contributed by atoms with E-state index >= 15 is 0 Å². The van der Waals surface area contributed by atoms with E-state index in [2.05, 4.69) is 13.8 Å². The molecule has 0 aromatic carbocycles. The molecule has 2 heteroatoms. The molecule has 2 atom stereocenters. The van der Waals surface area contributed by atoms with Crippen molar-refractivity contribution in [2.45, 2.75) is 77.6 Å². The van der Waals surface area contributed by atoms with E-state index in [1.165, 1.54) is 38.5 Å². The van der Waals surface area contributed by atoms with Crippen molar-refractivity contribution < 1.29 is 9.47 Å². The van der Waals surface area contributed by atoms with E-state index in [9.17, 15) is 0 Å². The van der Waals surface area contributed by atoms with Crippen molar-refractivity contribution in [3.63, 3.8) is 0 Å². The molecule has 0 bridgehead atoms. The van der Waals surface area contributed by atoms with Crippen molar-refractivity contribution in [1.82, 2.24) is 0 Å². The van der Waals surface area contributed by atoms with Crippen LogP contribution in [0.4, 0.5) is 0 Å². The maximum atomic E-state index is 5.96. The second-order valence-electron chi connectivity index (χ2n) is 4.46. The first-order valence-electron chi connectivity index (χ1n) is 6.63. The van der Waals surface area contributed by atoms with E-state index in [1.807, 2.05) is 0 Å². The van der Waals surface area contributed by atoms with Gasteiger partial charge in [0, 0.05) is 6.61 Å². The number of unbranched alkanes of at least 4 members (excludes halogenated alkanes) is 2. The van der Waals surface area contributed by atoms with Gasteiger partial charge < -0.3 is 9.47 Å². The van der Waals surface area contributed by atoms with E-state index < -0.39 is 0 Å². The third kappa shape index (κ3) is 5.53. The summed E-state index contributed by atoms with van der Waals surface area (Å²) in [5.74, 6) is 0. The summed E-state index contributed by atoms with van der Waals surface area (Å²) in [5.41, 5.74) is 0. The Balaban J connectivity index is 2.13. The fourth-order valence-electron chi connectivity index (χ4n) is 2.02. The van der Waals surface area contributed by atoms with Gasteiger partial charge >= 0.3 is 0 Å². The first kappa shape index (κ1) is 13.0. The Bertz CT molecular complexity index is 141. The minimum atomic E-state index is 0.0883. The lowest BCUT2D eigenvalue weighted by Gasteiger charge is -2.27. The molecule has 1 rings (SSSR count). The highest BCUT2D eigenvalue weighted by Gasteiger charge is 2.18. The van der Waals surface area contributed by atoms with Crippen LogP contribution in [0.5, 0.6) is 0 Å². The third-order valence-electron chi connectivity index (χ3n) is 3.07. The van der Waals surface area contributed by atoms with Gasteiger partial charge in [-0.15, -0.1) is 0 Å². The van der Waals surface area contributed by atoms with E-state index in [4.69, 9.17) is 9.47 Å². The molecular weight excluding hydrogens is 188 g/mol. The molecular formula is C13H26O2. The van der Waals surface area contributed by atoms with Gasteiger partial charge in [0.25, 0.3) is 0 Å². The lowest BCUT2D eigenvalue weighted by molar-refractivity contribution is -0.189. The summed E-state index contributed by atoms with van der Waals surface area (Å²) < 4.78 is 11.6. The zero-order valence-corrected chi connectivity index (χ0v) is 10.3. The van der Waals surface area contributed by atoms with Crippen LogP contribution in [0, 0.1) is 0 Å². The first-order valence-corrected chi connectivity index (χ1v) is 6.63. The van der Waals surface area contributed by atoms with Gasteiger partial charge in [0.05, 0.1) is 6.10 Å². The predicted molar refractivity (Wildman–Crippen MR) is 62.9 cm³/mol. The minimum absolute atomic E-state index is 0.0883. The second-order valence-corrected chi connectivity index (χ2v) is 4.46. The highest BCUT2D eigenvalue weighted by molar-refractivity contribution is 4.60. The third-order valence-corrected chi connectivity index (χ3v) is 3.07. The Labute approximate surface area is 94.3 Å². The highest BCUT2D eigenvalue weighted by atomic mass is 16.7. The van der Waals surface area contributed by atoms with Crippen LogP contribution in [0.25, 0.3) is 0 Å². The Morgan fingerprint density at radius 1 is 1.27 bits per heavy atom. The topological polar surface area (TPSA) is 18.5 Å². The summed E-state index contributed by atoms with van der Waals surface area (Å²) >= 11 is 0. The first-order chi connectivity index (χ1) is 7.36. The van der Waals surface area contributed by atoms with Crippen molar-refractivity contribution in [3.05, 3.63) is 0 Å². The molecule has 2 unspecified atom stereocenters. The molecule has 0 aliphatic carbocycles.